The van der Waals surface area contributed by atoms with Crippen molar-refractivity contribution in [3.05, 3.63) is 52.8 Å². The van der Waals surface area contributed by atoms with E-state index in [0.29, 0.717) is 23.7 Å². The first kappa shape index (κ1) is 17.1. The van der Waals surface area contributed by atoms with E-state index in [1.165, 1.54) is 22.7 Å². The Kier molecular flexibility index (Phi) is 5.31. The summed E-state index contributed by atoms with van der Waals surface area (Å²) >= 11 is 7.58. The molecule has 0 saturated heterocycles. The number of hydrogen-bond donors (Lipinski definition) is 0. The lowest BCUT2D eigenvalue weighted by atomic mass is 10.0. The lowest BCUT2D eigenvalue weighted by Gasteiger charge is -2.30. The minimum atomic E-state index is -0.395. The first-order chi connectivity index (χ1) is 11.6. The molecule has 0 aliphatic carbocycles. The van der Waals surface area contributed by atoms with Gasteiger partial charge in [0.1, 0.15) is 11.6 Å². The molecule has 0 aromatic heterocycles. The summed E-state index contributed by atoms with van der Waals surface area (Å²) in [5.74, 6) is 0.464. The molecule has 0 N–H and O–H groups in total. The number of hydrogen-bond acceptors (Lipinski definition) is 3. The van der Waals surface area contributed by atoms with Crippen LogP contribution in [-0.4, -0.2) is 25.3 Å². The second-order valence-electron chi connectivity index (χ2n) is 5.47. The number of carbonyl (C=O) groups excluding carboxylic acids is 1. The average Bonchev–Trinajstić information content (AvgIpc) is 2.62. The monoisotopic (exact) mass is 365 g/mol. The highest BCUT2D eigenvalue weighted by Crippen LogP contribution is 2.35. The van der Waals surface area contributed by atoms with Gasteiger partial charge in [0.25, 0.3) is 0 Å². The Bertz CT molecular complexity index is 769. The molecule has 1 amide bonds. The summed E-state index contributed by atoms with van der Waals surface area (Å²) in [6, 6.07) is 10.4. The van der Waals surface area contributed by atoms with Crippen LogP contribution in [-0.2, 0) is 11.2 Å². The fourth-order valence-corrected chi connectivity index (χ4v) is 3.87. The Morgan fingerprint density at radius 3 is 3.00 bits per heavy atom. The van der Waals surface area contributed by atoms with E-state index < -0.39 is 5.82 Å². The first-order valence-electron chi connectivity index (χ1n) is 7.64. The molecule has 126 valence electrons. The van der Waals surface area contributed by atoms with Crippen LogP contribution in [0.4, 0.5) is 10.1 Å². The Balaban J connectivity index is 1.76. The third-order valence-corrected chi connectivity index (χ3v) is 5.29. The SMILES string of the molecule is COc1cccc(SCC(=O)N2CCCc3c(Cl)ccc(F)c32)c1. The van der Waals surface area contributed by atoms with Crippen molar-refractivity contribution in [2.24, 2.45) is 0 Å². The number of amides is 1. The number of anilines is 1. The summed E-state index contributed by atoms with van der Waals surface area (Å²) in [6.45, 7) is 0.516. The van der Waals surface area contributed by atoms with E-state index in [-0.39, 0.29) is 11.7 Å². The largest absolute Gasteiger partial charge is 0.497 e. The van der Waals surface area contributed by atoms with Gasteiger partial charge in [0.15, 0.2) is 0 Å². The number of rotatable bonds is 4. The van der Waals surface area contributed by atoms with Crippen LogP contribution < -0.4 is 9.64 Å². The van der Waals surface area contributed by atoms with Crippen LogP contribution in [0, 0.1) is 5.82 Å². The summed E-state index contributed by atoms with van der Waals surface area (Å²) in [7, 11) is 1.60. The molecule has 0 unspecified atom stereocenters. The van der Waals surface area contributed by atoms with Crippen molar-refractivity contribution in [1.82, 2.24) is 0 Å². The molecule has 0 spiro atoms. The summed E-state index contributed by atoms with van der Waals surface area (Å²) in [4.78, 5) is 15.1. The van der Waals surface area contributed by atoms with Crippen LogP contribution in [0.5, 0.6) is 5.75 Å². The normalized spacial score (nSPS) is 13.5. The summed E-state index contributed by atoms with van der Waals surface area (Å²) in [5, 5.41) is 0.518. The molecule has 3 nitrogen and oxygen atoms in total. The Morgan fingerprint density at radius 2 is 2.21 bits per heavy atom. The van der Waals surface area contributed by atoms with Gasteiger partial charge in [-0.25, -0.2) is 4.39 Å². The lowest BCUT2D eigenvalue weighted by Crippen LogP contribution is -2.37. The molecular weight excluding hydrogens is 349 g/mol. The van der Waals surface area contributed by atoms with E-state index >= 15 is 0 Å². The zero-order valence-corrected chi connectivity index (χ0v) is 14.8. The predicted octanol–water partition coefficient (Wildman–Crippen LogP) is 4.56. The molecule has 0 radical (unpaired) electrons. The maximum atomic E-state index is 14.2. The molecule has 1 heterocycles. The quantitative estimate of drug-likeness (QED) is 0.744. The van der Waals surface area contributed by atoms with Crippen molar-refractivity contribution in [2.45, 2.75) is 17.7 Å². The number of benzene rings is 2. The fourth-order valence-electron chi connectivity index (χ4n) is 2.80. The second-order valence-corrected chi connectivity index (χ2v) is 6.93. The van der Waals surface area contributed by atoms with Gasteiger partial charge in [-0.15, -0.1) is 11.8 Å². The maximum Gasteiger partial charge on any atom is 0.237 e. The van der Waals surface area contributed by atoms with Crippen LogP contribution in [0.15, 0.2) is 41.3 Å². The number of fused-ring (bicyclic) bond motifs is 1. The molecule has 1 aliphatic heterocycles. The van der Waals surface area contributed by atoms with Crippen LogP contribution in [0.3, 0.4) is 0 Å². The topological polar surface area (TPSA) is 29.5 Å². The fraction of sp³-hybridized carbons (Fsp3) is 0.278. The van der Waals surface area contributed by atoms with Crippen molar-refractivity contribution < 1.29 is 13.9 Å². The molecule has 6 heteroatoms. The Morgan fingerprint density at radius 1 is 1.38 bits per heavy atom. The molecule has 3 rings (SSSR count). The minimum absolute atomic E-state index is 0.120. The number of carbonyl (C=O) groups is 1. The van der Waals surface area contributed by atoms with Gasteiger partial charge in [0, 0.05) is 16.5 Å². The molecule has 2 aromatic rings. The van der Waals surface area contributed by atoms with Crippen LogP contribution >= 0.6 is 23.4 Å². The van der Waals surface area contributed by atoms with Crippen molar-refractivity contribution in [3.63, 3.8) is 0 Å². The predicted molar refractivity (Wildman–Crippen MR) is 95.8 cm³/mol. The highest BCUT2D eigenvalue weighted by Gasteiger charge is 2.27. The average molecular weight is 366 g/mol. The van der Waals surface area contributed by atoms with Crippen molar-refractivity contribution >= 4 is 35.0 Å². The molecule has 24 heavy (non-hydrogen) atoms. The minimum Gasteiger partial charge on any atom is -0.497 e. The van der Waals surface area contributed by atoms with Crippen molar-refractivity contribution in [2.75, 3.05) is 24.3 Å². The number of thioether (sulfide) groups is 1. The summed E-state index contributed by atoms with van der Waals surface area (Å²) in [6.07, 6.45) is 1.48. The van der Waals surface area contributed by atoms with Gasteiger partial charge >= 0.3 is 0 Å². The third kappa shape index (κ3) is 3.52. The molecule has 0 fully saturated rings. The zero-order chi connectivity index (χ0) is 17.1. The molecule has 1 aliphatic rings. The van der Waals surface area contributed by atoms with Crippen molar-refractivity contribution in [3.8, 4) is 5.75 Å². The number of methoxy groups -OCH3 is 1. The van der Waals surface area contributed by atoms with Gasteiger partial charge in [0.2, 0.25) is 5.91 Å². The lowest BCUT2D eigenvalue weighted by molar-refractivity contribution is -0.116. The van der Waals surface area contributed by atoms with Gasteiger partial charge in [0.05, 0.1) is 18.6 Å². The van der Waals surface area contributed by atoms with Crippen LogP contribution in [0.2, 0.25) is 5.02 Å². The Labute approximate surface area is 149 Å². The number of halogens is 2. The smallest absolute Gasteiger partial charge is 0.237 e. The highest BCUT2D eigenvalue weighted by molar-refractivity contribution is 8.00. The second kappa shape index (κ2) is 7.45. The van der Waals surface area contributed by atoms with Gasteiger partial charge < -0.3 is 9.64 Å². The van der Waals surface area contributed by atoms with Crippen LogP contribution in [0.25, 0.3) is 0 Å². The van der Waals surface area contributed by atoms with E-state index in [0.717, 1.165) is 22.6 Å². The van der Waals surface area contributed by atoms with Crippen molar-refractivity contribution in [1.29, 1.82) is 0 Å². The van der Waals surface area contributed by atoms with Gasteiger partial charge in [-0.1, -0.05) is 17.7 Å². The Hall–Kier alpha value is -1.72. The molecular formula is C18H17ClFNO2S. The van der Waals surface area contributed by atoms with E-state index in [1.54, 1.807) is 13.2 Å². The first-order valence-corrected chi connectivity index (χ1v) is 9.00. The maximum absolute atomic E-state index is 14.2. The van der Waals surface area contributed by atoms with Gasteiger partial charge in [-0.05, 0) is 48.7 Å². The standard InChI is InChI=1S/C18H17ClFNO2S/c1-23-12-4-2-5-13(10-12)24-11-17(22)21-9-3-6-14-15(19)7-8-16(20)18(14)21/h2,4-5,7-8,10H,3,6,9,11H2,1H3. The number of ether oxygens (including phenoxy) is 1. The molecule has 0 atom stereocenters. The van der Waals surface area contributed by atoms with Gasteiger partial charge in [-0.2, -0.15) is 0 Å². The van der Waals surface area contributed by atoms with E-state index in [1.807, 2.05) is 24.3 Å². The summed E-state index contributed by atoms with van der Waals surface area (Å²) in [5.41, 5.74) is 1.06. The zero-order valence-electron chi connectivity index (χ0n) is 13.2. The number of nitrogens with zero attached hydrogens (tertiary/aromatic N) is 1. The van der Waals surface area contributed by atoms with E-state index in [4.69, 9.17) is 16.3 Å². The van der Waals surface area contributed by atoms with Gasteiger partial charge in [-0.3, -0.25) is 4.79 Å². The third-order valence-electron chi connectivity index (χ3n) is 3.96. The highest BCUT2D eigenvalue weighted by atomic mass is 35.5. The van der Waals surface area contributed by atoms with Crippen LogP contribution in [0.1, 0.15) is 12.0 Å². The molecule has 0 bridgehead atoms. The molecule has 2 aromatic carbocycles. The molecule has 0 saturated carbocycles. The summed E-state index contributed by atoms with van der Waals surface area (Å²) < 4.78 is 19.4. The van der Waals surface area contributed by atoms with E-state index in [9.17, 15) is 9.18 Å². The van der Waals surface area contributed by atoms with E-state index in [2.05, 4.69) is 0 Å².